The second-order valence-corrected chi connectivity index (χ2v) is 49.9. The van der Waals surface area contributed by atoms with Gasteiger partial charge in [-0.2, -0.15) is 36.3 Å². The van der Waals surface area contributed by atoms with Crippen molar-refractivity contribution in [1.29, 1.82) is 21.0 Å². The molecule has 10 heterocycles. The smallest absolute Gasteiger partial charge is 0.259 e. The summed E-state index contributed by atoms with van der Waals surface area (Å²) in [5.41, 5.74) is 14.3. The third kappa shape index (κ3) is 21.8. The van der Waals surface area contributed by atoms with Gasteiger partial charge in [-0.05, 0) is 124 Å². The number of ether oxygens (including phenoxy) is 3. The number of thiophene rings is 4. The van der Waals surface area contributed by atoms with Gasteiger partial charge in [0.2, 0.25) is 0 Å². The van der Waals surface area contributed by atoms with Crippen LogP contribution in [0.4, 0.5) is 0 Å². The van der Waals surface area contributed by atoms with E-state index in [1.165, 1.54) is 97.9 Å². The Labute approximate surface area is 731 Å². The third-order valence-electron chi connectivity index (χ3n) is 18.5. The molecule has 0 atom stereocenters. The van der Waals surface area contributed by atoms with Crippen molar-refractivity contribution in [3.8, 4) is 101 Å². The van der Waals surface area contributed by atoms with Crippen molar-refractivity contribution in [3.05, 3.63) is 190 Å². The van der Waals surface area contributed by atoms with Gasteiger partial charge in [0, 0.05) is 108 Å². The van der Waals surface area contributed by atoms with Crippen LogP contribution in [0.1, 0.15) is 133 Å². The zero-order chi connectivity index (χ0) is 79.3. The summed E-state index contributed by atoms with van der Waals surface area (Å²) < 4.78 is 24.8. The van der Waals surface area contributed by atoms with Crippen LogP contribution in [0.3, 0.4) is 0 Å². The number of carbonyl (C=O) groups is 1. The molecule has 3 aliphatic heterocycles. The Kier molecular flexibility index (Phi) is 33.9. The molecule has 0 radical (unpaired) electrons. The Hall–Kier alpha value is -5.53. The minimum absolute atomic E-state index is 0.296. The molecule has 574 valence electrons. The van der Waals surface area contributed by atoms with E-state index in [-0.39, 0.29) is 0 Å². The number of nitrogens with one attached hydrogen (secondary N) is 3. The predicted molar refractivity (Wildman–Crippen MR) is 473 cm³/mol. The molecule has 1 fully saturated rings. The molecule has 33 heteroatoms. The summed E-state index contributed by atoms with van der Waals surface area (Å²) in [5, 5.41) is 63.0. The number of hydrogen-bond donors (Lipinski definition) is 4. The number of carbonyl (C=O) groups excluding carboxylic acids is 1. The molecular weight excluding hydrogens is 1980 g/mol. The van der Waals surface area contributed by atoms with E-state index in [2.05, 4.69) is 119 Å². The van der Waals surface area contributed by atoms with E-state index in [9.17, 15) is 25.8 Å². The molecule has 11 aromatic rings. The van der Waals surface area contributed by atoms with Crippen molar-refractivity contribution in [2.75, 3.05) is 39.6 Å². The molecule has 5 N–H and O–H groups in total. The van der Waals surface area contributed by atoms with E-state index >= 15 is 0 Å². The van der Waals surface area contributed by atoms with Gasteiger partial charge < -0.3 is 15.2 Å². The van der Waals surface area contributed by atoms with Crippen LogP contribution >= 0.6 is 183 Å². The number of halogens is 10. The minimum Gasteiger partial charge on any atom is -0.381 e. The summed E-state index contributed by atoms with van der Waals surface area (Å²) >= 11 is 57.1. The fourth-order valence-electron chi connectivity index (χ4n) is 13.1. The Morgan fingerprint density at radius 2 is 0.901 bits per heavy atom. The Morgan fingerprint density at radius 3 is 1.29 bits per heavy atom. The summed E-state index contributed by atoms with van der Waals surface area (Å²) in [7, 11) is 0. The largest absolute Gasteiger partial charge is 0.381 e. The molecule has 18 nitrogen and oxygen atoms in total. The van der Waals surface area contributed by atoms with Crippen LogP contribution < -0.4 is 5.73 Å². The summed E-state index contributed by atoms with van der Waals surface area (Å²) in [6, 6.07) is 29.8. The maximum atomic E-state index is 11.5. The van der Waals surface area contributed by atoms with Gasteiger partial charge in [0.05, 0.1) is 55.9 Å². The van der Waals surface area contributed by atoms with E-state index in [1.54, 1.807) is 79.2 Å². The van der Waals surface area contributed by atoms with Crippen LogP contribution in [0, 0.1) is 51.1 Å². The van der Waals surface area contributed by atoms with Crippen molar-refractivity contribution < 1.29 is 19.0 Å². The van der Waals surface area contributed by atoms with Crippen LogP contribution in [-0.4, -0.2) is 109 Å². The second kappa shape index (κ2) is 42.9. The SMILES string of the molecule is CCC[CH2][Sn]([CH2]CCC)([CH2]CCC)[C]1=CCOCC1.N#Cc1c(C2=CCOCC2)sc(-c2ncn[nH]2)c1-c1ccc(Cl)cc1Cl.N#Cc1c(C2CCOCC2)sc(-c2ncn[nH]2)c1-c1ccc(Cl)cc1Cl.N#Cc1c(I)sc(-c2ncn[nH]2)c1-c1ccc(Cl)cc1Cl.N#Cc1c(I)sc(C(N)=O)c1-c1ccc(Cl)cc1Cl. The normalized spacial score (nSPS) is 13.4. The second-order valence-electron chi connectivity index (χ2n) is 25.4. The quantitative estimate of drug-likeness (QED) is 0.0408. The van der Waals surface area contributed by atoms with Gasteiger partial charge in [0.1, 0.15) is 48.1 Å². The van der Waals surface area contributed by atoms with Gasteiger partial charge in [-0.25, -0.2) is 15.0 Å². The van der Waals surface area contributed by atoms with Crippen molar-refractivity contribution in [1.82, 2.24) is 45.5 Å². The standard InChI is InChI=1S/C18H14Cl2N4OS.C18H12Cl2N4OS.C13H5Cl2IN4S.C12H5Cl2IN2OS.C5H7O.3C4H9.Sn/c2*19-11-1-2-12(14(20)7-11)15-13(8-21)16(10-3-5-25-6-4-10)26-17(15)18-22-9-23-24-18;14-6-1-2-7(9(15)3-6)10-8(4-17)12(16)21-11(10)13-18-5-19-20-13;13-5-1-2-6(8(14)3-5)9-7(4-16)11(15)19-10(9)12(17)18;1-2-4-6-5-3-1;3*1-3-4-2;/h1-2,7,9-10H,3-6H2,(H,22,23,24);1-3,7,9H,4-6H2,(H,22,23,24);1-3,5H,(H,18,19,20);1-3H,(H2,17,18);2H,3-5H2;3*1,3-4H2,2H3;. The molecule has 0 bridgehead atoms. The Morgan fingerprint density at radius 1 is 0.505 bits per heavy atom. The topological polar surface area (TPSA) is 291 Å². The van der Waals surface area contributed by atoms with E-state index in [0.717, 1.165) is 98.7 Å². The van der Waals surface area contributed by atoms with Crippen molar-refractivity contribution in [2.24, 2.45) is 5.73 Å². The first-order valence-corrected chi connectivity index (χ1v) is 51.1. The molecule has 0 unspecified atom stereocenters. The Balaban J connectivity index is 0.000000149. The van der Waals surface area contributed by atoms with Crippen LogP contribution in [-0.2, 0) is 14.2 Å². The van der Waals surface area contributed by atoms with Gasteiger partial charge in [-0.3, -0.25) is 20.1 Å². The number of rotatable bonds is 20. The zero-order valence-electron chi connectivity index (χ0n) is 59.9. The van der Waals surface area contributed by atoms with Crippen molar-refractivity contribution >= 4 is 213 Å². The molecule has 0 spiro atoms. The monoisotopic (exact) mass is 2050 g/mol. The number of aromatic nitrogens is 9. The van der Waals surface area contributed by atoms with E-state index in [4.69, 9.17) is 113 Å². The number of unbranched alkanes of at least 4 members (excludes halogenated alkanes) is 3. The summed E-state index contributed by atoms with van der Waals surface area (Å²) in [4.78, 5) is 29.1. The van der Waals surface area contributed by atoms with Crippen molar-refractivity contribution in [2.45, 2.75) is 104 Å². The molecule has 14 rings (SSSR count). The molecule has 3 aliphatic rings. The Bertz CT molecular complexity index is 5290. The maximum absolute atomic E-state index is 11.5. The molecule has 0 saturated carbocycles. The van der Waals surface area contributed by atoms with Gasteiger partial charge in [0.25, 0.3) is 5.91 Å². The summed E-state index contributed by atoms with van der Waals surface area (Å²) in [6.45, 7) is 11.6. The number of aromatic amines is 3. The minimum atomic E-state index is -2.04. The fourth-order valence-corrected chi connectivity index (χ4v) is 38.7. The van der Waals surface area contributed by atoms with E-state index in [0.29, 0.717) is 131 Å². The van der Waals surface area contributed by atoms with Gasteiger partial charge in [-0.1, -0.05) is 123 Å². The molecule has 111 heavy (non-hydrogen) atoms. The first kappa shape index (κ1) is 87.8. The molecule has 1 amide bonds. The number of nitriles is 4. The maximum Gasteiger partial charge on any atom is 0.259 e. The van der Waals surface area contributed by atoms with Gasteiger partial charge in [0.15, 0.2) is 17.5 Å². The first-order chi connectivity index (χ1) is 53.7. The molecular formula is C78H70Cl8I2N14O4S4Sn. The molecule has 7 aromatic heterocycles. The van der Waals surface area contributed by atoms with Crippen LogP contribution in [0.25, 0.3) is 82.2 Å². The van der Waals surface area contributed by atoms with Crippen molar-refractivity contribution in [3.63, 3.8) is 0 Å². The molecule has 0 aliphatic carbocycles. The number of amides is 1. The average molecular weight is 2050 g/mol. The number of nitrogens with zero attached hydrogens (tertiary/aromatic N) is 10. The predicted octanol–water partition coefficient (Wildman–Crippen LogP) is 25.5. The zero-order valence-corrected chi connectivity index (χ0v) is 76.4. The van der Waals surface area contributed by atoms with Crippen LogP contribution in [0.2, 0.25) is 53.5 Å². The average Bonchev–Trinajstić information content (AvgIpc) is 1.61. The van der Waals surface area contributed by atoms with Gasteiger partial charge >= 0.3 is 125 Å². The summed E-state index contributed by atoms with van der Waals surface area (Å²) in [6.07, 6.45) is 21.2. The van der Waals surface area contributed by atoms with Crippen LogP contribution in [0.15, 0.2) is 108 Å². The first-order valence-electron chi connectivity index (χ1n) is 35.1. The summed E-state index contributed by atoms with van der Waals surface area (Å²) in [5.74, 6) is 1.56. The number of H-pyrrole nitrogens is 3. The number of hydrogen-bond acceptors (Lipinski definition) is 18. The van der Waals surface area contributed by atoms with E-state index < -0.39 is 24.3 Å². The van der Waals surface area contributed by atoms with E-state index in [1.807, 2.05) is 50.5 Å². The number of benzene rings is 4. The van der Waals surface area contributed by atoms with Crippen LogP contribution in [0.5, 0.6) is 0 Å². The van der Waals surface area contributed by atoms with Gasteiger partial charge in [-0.15, -0.1) is 45.3 Å². The third-order valence-corrected chi connectivity index (χ3v) is 44.1. The number of primary amides is 1. The fraction of sp³-hybridized carbons (Fsp3) is 0.295. The number of nitrogens with two attached hydrogens (primary N) is 1. The molecule has 4 aromatic carbocycles. The molecule has 1 saturated heterocycles.